The molecule has 1 atom stereocenters. The molecule has 8 nitrogen and oxygen atoms in total. The molecular weight excluding hydrogens is 523 g/mol. The molecule has 0 radical (unpaired) electrons. The Hall–Kier alpha value is -3.28. The van der Waals surface area contributed by atoms with Gasteiger partial charge in [0, 0.05) is 43.2 Å². The Kier molecular flexibility index (Phi) is 6.92. The second kappa shape index (κ2) is 10.3. The quantitative estimate of drug-likeness (QED) is 0.418. The number of halogens is 3. The van der Waals surface area contributed by atoms with E-state index in [4.69, 9.17) is 4.74 Å². The van der Waals surface area contributed by atoms with Gasteiger partial charge < -0.3 is 24.6 Å². The summed E-state index contributed by atoms with van der Waals surface area (Å²) in [6.45, 7) is 1.22. The fourth-order valence-electron chi connectivity index (χ4n) is 5.88. The van der Waals surface area contributed by atoms with E-state index >= 15 is 0 Å². The highest BCUT2D eigenvalue weighted by molar-refractivity contribution is 6.10. The minimum atomic E-state index is -4.60. The molecule has 1 amide bonds. The zero-order chi connectivity index (χ0) is 28.1. The van der Waals surface area contributed by atoms with E-state index in [1.54, 1.807) is 18.5 Å². The summed E-state index contributed by atoms with van der Waals surface area (Å²) in [6, 6.07) is 10.1. The van der Waals surface area contributed by atoms with Gasteiger partial charge in [0.15, 0.2) is 0 Å². The first-order chi connectivity index (χ1) is 19.1. The van der Waals surface area contributed by atoms with Gasteiger partial charge in [-0.1, -0.05) is 18.6 Å². The molecule has 2 fully saturated rings. The largest absolute Gasteiger partial charge is 0.416 e. The van der Waals surface area contributed by atoms with E-state index in [0.29, 0.717) is 37.4 Å². The Morgan fingerprint density at radius 1 is 1.23 bits per heavy atom. The molecule has 3 heterocycles. The molecule has 40 heavy (non-hydrogen) atoms. The number of aliphatic hydroxyl groups is 1. The molecule has 2 N–H and O–H groups in total. The van der Waals surface area contributed by atoms with Crippen molar-refractivity contribution < 1.29 is 27.8 Å². The number of aliphatic hydroxyl groups excluding tert-OH is 1. The second-order valence-electron chi connectivity index (χ2n) is 11.3. The molecule has 1 aromatic heterocycles. The molecule has 0 spiro atoms. The zero-order valence-corrected chi connectivity index (χ0v) is 22.2. The minimum absolute atomic E-state index is 0.0121. The highest BCUT2D eigenvalue weighted by Gasteiger charge is 2.43. The zero-order valence-electron chi connectivity index (χ0n) is 22.2. The molecule has 1 saturated heterocycles. The van der Waals surface area contributed by atoms with Gasteiger partial charge in [-0.05, 0) is 59.7 Å². The van der Waals surface area contributed by atoms with Crippen molar-refractivity contribution >= 4 is 11.6 Å². The van der Waals surface area contributed by atoms with Crippen molar-refractivity contribution in [2.45, 2.75) is 56.5 Å². The van der Waals surface area contributed by atoms with Gasteiger partial charge in [0.1, 0.15) is 12.2 Å². The summed E-state index contributed by atoms with van der Waals surface area (Å²) in [7, 11) is 1.87. The second-order valence-corrected chi connectivity index (χ2v) is 11.3. The molecule has 2 aliphatic heterocycles. The molecule has 1 unspecified atom stereocenters. The monoisotopic (exact) mass is 555 g/mol. The van der Waals surface area contributed by atoms with E-state index in [0.717, 1.165) is 36.7 Å². The van der Waals surface area contributed by atoms with E-state index in [9.17, 15) is 23.1 Å². The van der Waals surface area contributed by atoms with E-state index in [1.165, 1.54) is 4.90 Å². The molecule has 1 aliphatic carbocycles. The van der Waals surface area contributed by atoms with Crippen molar-refractivity contribution in [2.24, 2.45) is 13.0 Å². The molecule has 11 heteroatoms. The Balaban J connectivity index is 1.25. The molecule has 2 aromatic carbocycles. The summed E-state index contributed by atoms with van der Waals surface area (Å²) in [4.78, 5) is 15.0. The summed E-state index contributed by atoms with van der Waals surface area (Å²) >= 11 is 0. The number of carbonyl (C=O) groups is 1. The Morgan fingerprint density at radius 2 is 2.02 bits per heavy atom. The first kappa shape index (κ1) is 26.9. The number of nitrogens with zero attached hydrogens (tertiary/aromatic N) is 4. The van der Waals surface area contributed by atoms with Crippen molar-refractivity contribution in [3.05, 3.63) is 76.4 Å². The number of ether oxygens (including phenoxy) is 1. The van der Waals surface area contributed by atoms with Gasteiger partial charge in [-0.15, -0.1) is 10.2 Å². The van der Waals surface area contributed by atoms with Crippen molar-refractivity contribution in [1.29, 1.82) is 0 Å². The number of hydrogen-bond acceptors (Lipinski definition) is 6. The number of hydrogen-bond donors (Lipinski definition) is 2. The maximum Gasteiger partial charge on any atom is 0.416 e. The van der Waals surface area contributed by atoms with Crippen molar-refractivity contribution in [3.63, 3.8) is 0 Å². The average Bonchev–Trinajstić information content (AvgIpc) is 3.41. The molecule has 3 aromatic rings. The molecule has 212 valence electrons. The number of aryl methyl sites for hydroxylation is 1. The van der Waals surface area contributed by atoms with Crippen molar-refractivity contribution in [1.82, 2.24) is 20.1 Å². The number of amides is 1. The van der Waals surface area contributed by atoms with E-state index in [-0.39, 0.29) is 35.5 Å². The number of benzene rings is 2. The van der Waals surface area contributed by atoms with Gasteiger partial charge in [-0.3, -0.25) is 4.79 Å². The van der Waals surface area contributed by atoms with Crippen LogP contribution in [-0.2, 0) is 42.9 Å². The van der Waals surface area contributed by atoms with Gasteiger partial charge in [0.25, 0.3) is 5.91 Å². The lowest BCUT2D eigenvalue weighted by Crippen LogP contribution is -2.49. The number of carbonyl (C=O) groups excluding carboxylic acids is 1. The van der Waals surface area contributed by atoms with Gasteiger partial charge >= 0.3 is 6.18 Å². The predicted octanol–water partition coefficient (Wildman–Crippen LogP) is 3.76. The Labute approximate surface area is 230 Å². The molecule has 3 aliphatic rings. The third kappa shape index (κ3) is 4.90. The lowest BCUT2D eigenvalue weighted by atomic mass is 9.75. The number of fused-ring (bicyclic) bond motifs is 1. The molecule has 6 rings (SSSR count). The Bertz CT molecular complexity index is 1410. The standard InChI is InChI=1S/C29H32F3N5O3/c1-36-17-34-35-26(36)11-28(15-40-16-28)20-6-3-7-21(10-20)37-14-23-22(27(37)39)8-18(9-24(23)29(30,31)32)12-33-13-25(38)19-4-2-5-19/h3,6-10,17,19,25,33,38H,2,4-5,11-16H2,1H3. The smallest absolute Gasteiger partial charge is 0.392 e. The highest BCUT2D eigenvalue weighted by Crippen LogP contribution is 2.41. The fraction of sp³-hybridized carbons (Fsp3) is 0.483. The lowest BCUT2D eigenvalue weighted by molar-refractivity contribution is -0.138. The van der Waals surface area contributed by atoms with Gasteiger partial charge in [-0.2, -0.15) is 13.2 Å². The average molecular weight is 556 g/mol. The van der Waals surface area contributed by atoms with Crippen LogP contribution in [0, 0.1) is 5.92 Å². The predicted molar refractivity (Wildman–Crippen MR) is 141 cm³/mol. The Morgan fingerprint density at radius 3 is 2.65 bits per heavy atom. The van der Waals surface area contributed by atoms with Gasteiger partial charge in [-0.25, -0.2) is 0 Å². The topological polar surface area (TPSA) is 92.5 Å². The maximum atomic E-state index is 14.2. The first-order valence-electron chi connectivity index (χ1n) is 13.6. The minimum Gasteiger partial charge on any atom is -0.392 e. The molecule has 0 bridgehead atoms. The van der Waals surface area contributed by atoms with Crippen LogP contribution in [0.2, 0.25) is 0 Å². The van der Waals surface area contributed by atoms with Crippen LogP contribution in [0.1, 0.15) is 57.7 Å². The third-order valence-corrected chi connectivity index (χ3v) is 8.61. The number of aromatic nitrogens is 3. The summed E-state index contributed by atoms with van der Waals surface area (Å²) in [5, 5.41) is 21.5. The van der Waals surface area contributed by atoms with E-state index in [2.05, 4.69) is 15.5 Å². The number of rotatable bonds is 9. The van der Waals surface area contributed by atoms with Crippen LogP contribution in [0.25, 0.3) is 0 Å². The van der Waals surface area contributed by atoms with Gasteiger partial charge in [0.05, 0.1) is 31.4 Å². The molecule has 1 saturated carbocycles. The van der Waals surface area contributed by atoms with Crippen LogP contribution in [0.4, 0.5) is 18.9 Å². The number of alkyl halides is 3. The summed E-state index contributed by atoms with van der Waals surface area (Å²) in [5.74, 6) is 0.589. The van der Waals surface area contributed by atoms with Crippen LogP contribution in [0.15, 0.2) is 42.7 Å². The van der Waals surface area contributed by atoms with Crippen LogP contribution >= 0.6 is 0 Å². The lowest BCUT2D eigenvalue weighted by Gasteiger charge is -2.42. The SMILES string of the molecule is Cn1cnnc1CC1(c2cccc(N3Cc4c(cc(CNCC(O)C5CCC5)cc4C(F)(F)F)C3=O)c2)COC1. The van der Waals surface area contributed by atoms with Crippen LogP contribution in [0.3, 0.4) is 0 Å². The maximum absolute atomic E-state index is 14.2. The van der Waals surface area contributed by atoms with Crippen molar-refractivity contribution in [3.8, 4) is 0 Å². The number of nitrogens with one attached hydrogen (secondary N) is 1. The van der Waals surface area contributed by atoms with Crippen LogP contribution in [0.5, 0.6) is 0 Å². The summed E-state index contributed by atoms with van der Waals surface area (Å²) in [5.41, 5.74) is 0.754. The number of anilines is 1. The van der Waals surface area contributed by atoms with E-state index in [1.807, 2.05) is 29.8 Å². The highest BCUT2D eigenvalue weighted by atomic mass is 19.4. The van der Waals surface area contributed by atoms with Gasteiger partial charge in [0.2, 0.25) is 0 Å². The fourth-order valence-corrected chi connectivity index (χ4v) is 5.88. The summed E-state index contributed by atoms with van der Waals surface area (Å²) in [6.07, 6.45) is 0.141. The van der Waals surface area contributed by atoms with Crippen LogP contribution < -0.4 is 10.2 Å². The van der Waals surface area contributed by atoms with Crippen LogP contribution in [-0.4, -0.2) is 51.6 Å². The molecular formula is C29H32F3N5O3. The normalized spacial score (nSPS) is 19.3. The summed E-state index contributed by atoms with van der Waals surface area (Å²) < 4.78 is 49.9. The van der Waals surface area contributed by atoms with E-state index < -0.39 is 23.8 Å². The van der Waals surface area contributed by atoms with Crippen molar-refractivity contribution in [2.75, 3.05) is 24.7 Å². The first-order valence-corrected chi connectivity index (χ1v) is 13.6. The third-order valence-electron chi connectivity index (χ3n) is 8.61.